The standard InChI is InChI=1S/C6H7N/c1-2-5-3-6(5)4-7/h2,5-6H,1,3H2/t5-,6-/m0/s1. The van der Waals surface area contributed by atoms with Crippen molar-refractivity contribution in [2.45, 2.75) is 6.42 Å². The highest BCUT2D eigenvalue weighted by Crippen LogP contribution is 2.37. The second-order valence-corrected chi connectivity index (χ2v) is 1.87. The largest absolute Gasteiger partial charge is 0.198 e. The van der Waals surface area contributed by atoms with E-state index in [1.165, 1.54) is 0 Å². The predicted molar refractivity (Wildman–Crippen MR) is 27.4 cm³/mol. The van der Waals surface area contributed by atoms with Gasteiger partial charge in [0, 0.05) is 0 Å². The number of hydrogen-bond acceptors (Lipinski definition) is 1. The summed E-state index contributed by atoms with van der Waals surface area (Å²) in [5.41, 5.74) is 0. The van der Waals surface area contributed by atoms with Crippen LogP contribution in [0.4, 0.5) is 0 Å². The molecule has 1 saturated carbocycles. The number of nitrogens with zero attached hydrogens (tertiary/aromatic N) is 1. The van der Waals surface area contributed by atoms with E-state index in [0.717, 1.165) is 6.42 Å². The molecule has 0 bridgehead atoms. The zero-order chi connectivity index (χ0) is 5.28. The molecule has 36 valence electrons. The van der Waals surface area contributed by atoms with E-state index in [9.17, 15) is 0 Å². The third-order valence-corrected chi connectivity index (χ3v) is 1.31. The summed E-state index contributed by atoms with van der Waals surface area (Å²) in [6, 6.07) is 2.17. The SMILES string of the molecule is C=C[C@H]1C[C@H]1C#N. The van der Waals surface area contributed by atoms with Crippen LogP contribution in [0, 0.1) is 23.2 Å². The van der Waals surface area contributed by atoms with Gasteiger partial charge in [-0.25, -0.2) is 0 Å². The summed E-state index contributed by atoms with van der Waals surface area (Å²) in [7, 11) is 0. The quantitative estimate of drug-likeness (QED) is 0.449. The fraction of sp³-hybridized carbons (Fsp3) is 0.500. The molecule has 0 aromatic rings. The Morgan fingerprint density at radius 1 is 1.86 bits per heavy atom. The highest BCUT2D eigenvalue weighted by atomic mass is 14.4. The van der Waals surface area contributed by atoms with Crippen LogP contribution in [0.15, 0.2) is 12.7 Å². The summed E-state index contributed by atoms with van der Waals surface area (Å²) >= 11 is 0. The molecule has 1 aliphatic carbocycles. The molecule has 1 fully saturated rings. The molecule has 2 atom stereocenters. The first kappa shape index (κ1) is 4.39. The van der Waals surface area contributed by atoms with Crippen LogP contribution in [0.25, 0.3) is 0 Å². The van der Waals surface area contributed by atoms with Crippen molar-refractivity contribution < 1.29 is 0 Å². The smallest absolute Gasteiger partial charge is 0.0662 e. The van der Waals surface area contributed by atoms with Crippen molar-refractivity contribution in [2.24, 2.45) is 11.8 Å². The maximum Gasteiger partial charge on any atom is 0.0662 e. The molecule has 1 rings (SSSR count). The van der Waals surface area contributed by atoms with Gasteiger partial charge in [-0.1, -0.05) is 6.08 Å². The summed E-state index contributed by atoms with van der Waals surface area (Å²) in [6.45, 7) is 3.57. The maximum atomic E-state index is 8.21. The molecule has 0 aliphatic heterocycles. The first-order valence-electron chi connectivity index (χ1n) is 2.40. The maximum absolute atomic E-state index is 8.21. The molecule has 0 aromatic carbocycles. The molecule has 1 nitrogen and oxygen atoms in total. The highest BCUT2D eigenvalue weighted by Gasteiger charge is 2.33. The Morgan fingerprint density at radius 2 is 2.57 bits per heavy atom. The minimum absolute atomic E-state index is 0.303. The van der Waals surface area contributed by atoms with Gasteiger partial charge in [-0.3, -0.25) is 0 Å². The molecule has 0 N–H and O–H groups in total. The average molecular weight is 93.1 g/mol. The van der Waals surface area contributed by atoms with E-state index in [1.54, 1.807) is 0 Å². The molecule has 1 aliphatic rings. The van der Waals surface area contributed by atoms with Crippen LogP contribution in [-0.4, -0.2) is 0 Å². The van der Waals surface area contributed by atoms with Gasteiger partial charge in [-0.05, 0) is 12.3 Å². The normalized spacial score (nSPS) is 36.4. The second kappa shape index (κ2) is 1.38. The Hall–Kier alpha value is -0.770. The van der Waals surface area contributed by atoms with E-state index >= 15 is 0 Å². The molecule has 0 spiro atoms. The minimum Gasteiger partial charge on any atom is -0.198 e. The predicted octanol–water partition coefficient (Wildman–Crippen LogP) is 1.33. The molecule has 0 unspecified atom stereocenters. The van der Waals surface area contributed by atoms with Gasteiger partial charge in [-0.15, -0.1) is 6.58 Å². The number of allylic oxidation sites excluding steroid dienone is 1. The van der Waals surface area contributed by atoms with Crippen molar-refractivity contribution in [1.82, 2.24) is 0 Å². The number of rotatable bonds is 1. The van der Waals surface area contributed by atoms with Gasteiger partial charge in [0.25, 0.3) is 0 Å². The van der Waals surface area contributed by atoms with Crippen molar-refractivity contribution in [3.8, 4) is 6.07 Å². The molecule has 7 heavy (non-hydrogen) atoms. The first-order chi connectivity index (χ1) is 3.38. The van der Waals surface area contributed by atoms with Gasteiger partial charge < -0.3 is 0 Å². The van der Waals surface area contributed by atoms with Gasteiger partial charge in [0.1, 0.15) is 0 Å². The van der Waals surface area contributed by atoms with Crippen molar-refractivity contribution >= 4 is 0 Å². The van der Waals surface area contributed by atoms with E-state index in [1.807, 2.05) is 6.08 Å². The fourth-order valence-corrected chi connectivity index (χ4v) is 0.624. The van der Waals surface area contributed by atoms with Crippen LogP contribution in [0.2, 0.25) is 0 Å². The molecule has 0 amide bonds. The lowest BCUT2D eigenvalue weighted by Gasteiger charge is -1.70. The lowest BCUT2D eigenvalue weighted by molar-refractivity contribution is 1.01. The van der Waals surface area contributed by atoms with Crippen LogP contribution < -0.4 is 0 Å². The monoisotopic (exact) mass is 93.1 g/mol. The van der Waals surface area contributed by atoms with Crippen molar-refractivity contribution in [3.63, 3.8) is 0 Å². The summed E-state index contributed by atoms with van der Waals surface area (Å²) in [5.74, 6) is 0.822. The summed E-state index contributed by atoms with van der Waals surface area (Å²) in [5, 5.41) is 8.21. The van der Waals surface area contributed by atoms with Gasteiger partial charge >= 0.3 is 0 Å². The van der Waals surface area contributed by atoms with Crippen molar-refractivity contribution in [3.05, 3.63) is 12.7 Å². The Labute approximate surface area is 43.3 Å². The number of hydrogen-bond donors (Lipinski definition) is 0. The summed E-state index contributed by atoms with van der Waals surface area (Å²) in [4.78, 5) is 0. The van der Waals surface area contributed by atoms with Crippen molar-refractivity contribution in [1.29, 1.82) is 5.26 Å². The molecule has 0 heterocycles. The molecule has 0 radical (unpaired) electrons. The number of nitriles is 1. The second-order valence-electron chi connectivity index (χ2n) is 1.87. The third-order valence-electron chi connectivity index (χ3n) is 1.31. The Kier molecular flexibility index (Phi) is 0.867. The first-order valence-corrected chi connectivity index (χ1v) is 2.40. The van der Waals surface area contributed by atoms with Crippen molar-refractivity contribution in [2.75, 3.05) is 0 Å². The minimum atomic E-state index is 0.303. The highest BCUT2D eigenvalue weighted by molar-refractivity contribution is 5.08. The zero-order valence-electron chi connectivity index (χ0n) is 4.09. The molecule has 0 saturated heterocycles. The van der Waals surface area contributed by atoms with Crippen LogP contribution in [0.5, 0.6) is 0 Å². The van der Waals surface area contributed by atoms with E-state index in [4.69, 9.17) is 5.26 Å². The average Bonchev–Trinajstić information content (AvgIpc) is 2.43. The van der Waals surface area contributed by atoms with E-state index in [2.05, 4.69) is 12.6 Å². The van der Waals surface area contributed by atoms with Crippen LogP contribution >= 0.6 is 0 Å². The Bertz CT molecular complexity index is 121. The topological polar surface area (TPSA) is 23.8 Å². The van der Waals surface area contributed by atoms with Crippen LogP contribution in [-0.2, 0) is 0 Å². The lowest BCUT2D eigenvalue weighted by atomic mass is 10.3. The Morgan fingerprint density at radius 3 is 2.71 bits per heavy atom. The van der Waals surface area contributed by atoms with Gasteiger partial charge in [0.15, 0.2) is 0 Å². The lowest BCUT2D eigenvalue weighted by Crippen LogP contribution is -1.66. The molecule has 0 aromatic heterocycles. The molecular formula is C6H7N. The summed E-state index contributed by atoms with van der Waals surface area (Å²) in [6.07, 6.45) is 2.90. The van der Waals surface area contributed by atoms with Crippen LogP contribution in [0.3, 0.4) is 0 Å². The fourth-order valence-electron chi connectivity index (χ4n) is 0.624. The molecule has 1 heteroatoms. The molecular weight excluding hydrogens is 86.1 g/mol. The van der Waals surface area contributed by atoms with E-state index in [-0.39, 0.29) is 0 Å². The van der Waals surface area contributed by atoms with Gasteiger partial charge in [0.05, 0.1) is 12.0 Å². The van der Waals surface area contributed by atoms with Gasteiger partial charge in [-0.2, -0.15) is 5.26 Å². The Balaban J connectivity index is 2.34. The van der Waals surface area contributed by atoms with E-state index in [0.29, 0.717) is 11.8 Å². The summed E-state index contributed by atoms with van der Waals surface area (Å²) < 4.78 is 0. The zero-order valence-corrected chi connectivity index (χ0v) is 4.09. The third kappa shape index (κ3) is 0.640. The van der Waals surface area contributed by atoms with Gasteiger partial charge in [0.2, 0.25) is 0 Å². The van der Waals surface area contributed by atoms with E-state index < -0.39 is 0 Å². The van der Waals surface area contributed by atoms with Crippen LogP contribution in [0.1, 0.15) is 6.42 Å².